The zero-order valence-corrected chi connectivity index (χ0v) is 7.56. The molecular formula is C7H17NOS. The summed E-state index contributed by atoms with van der Waals surface area (Å²) in [4.78, 5) is -0.825. The van der Waals surface area contributed by atoms with Crippen LogP contribution in [0.5, 0.6) is 0 Å². The summed E-state index contributed by atoms with van der Waals surface area (Å²) in [5.74, 6) is 0. The summed E-state index contributed by atoms with van der Waals surface area (Å²) in [5, 5.41) is 9.15. The number of nitrogens with two attached hydrogens (primary N) is 1. The Morgan fingerprint density at radius 1 is 1.70 bits per heavy atom. The summed E-state index contributed by atoms with van der Waals surface area (Å²) < 4.78 is 0. The quantitative estimate of drug-likeness (QED) is 0.430. The van der Waals surface area contributed by atoms with Crippen molar-refractivity contribution in [2.24, 2.45) is 5.73 Å². The van der Waals surface area contributed by atoms with Gasteiger partial charge in [-0.25, -0.2) is 0 Å². The Labute approximate surface area is 68.2 Å². The van der Waals surface area contributed by atoms with Crippen LogP contribution in [0.15, 0.2) is 0 Å². The van der Waals surface area contributed by atoms with E-state index in [4.69, 9.17) is 10.8 Å². The Kier molecular flexibility index (Phi) is 4.32. The third-order valence-electron chi connectivity index (χ3n) is 1.31. The van der Waals surface area contributed by atoms with Gasteiger partial charge < -0.3 is 10.8 Å². The average Bonchev–Trinajstić information content (AvgIpc) is 1.59. The molecule has 62 valence electrons. The Balaban J connectivity index is 3.21. The lowest BCUT2D eigenvalue weighted by atomic mass is 10.1. The molecule has 0 heterocycles. The summed E-state index contributed by atoms with van der Waals surface area (Å²) in [6.45, 7) is 3.66. The van der Waals surface area contributed by atoms with Crippen LogP contribution in [0.3, 0.4) is 0 Å². The maximum absolute atomic E-state index is 9.15. The second-order valence-corrected chi connectivity index (χ2v) is 4.05. The molecule has 0 aromatic heterocycles. The van der Waals surface area contributed by atoms with Crippen molar-refractivity contribution in [2.45, 2.75) is 44.1 Å². The maximum Gasteiger partial charge on any atom is 0.104 e. The zero-order valence-electron chi connectivity index (χ0n) is 6.67. The van der Waals surface area contributed by atoms with Gasteiger partial charge in [0.05, 0.1) is 0 Å². The molecule has 0 aliphatic rings. The van der Waals surface area contributed by atoms with Crippen LogP contribution in [-0.2, 0) is 0 Å². The van der Waals surface area contributed by atoms with E-state index in [2.05, 4.69) is 12.6 Å². The minimum Gasteiger partial charge on any atom is -0.380 e. The molecule has 0 saturated carbocycles. The van der Waals surface area contributed by atoms with Gasteiger partial charge in [-0.15, -0.1) is 12.6 Å². The van der Waals surface area contributed by atoms with E-state index in [1.165, 1.54) is 0 Å². The van der Waals surface area contributed by atoms with Crippen molar-refractivity contribution < 1.29 is 5.11 Å². The molecule has 0 bridgehead atoms. The molecule has 0 saturated heterocycles. The molecule has 0 aliphatic carbocycles. The Morgan fingerprint density at radius 2 is 2.20 bits per heavy atom. The standard InChI is InChI=1S/C7H17NOS/c1-6(8)4-3-5-7(2,9)10/h6,9-10H,3-5,8H2,1-2H3. The first kappa shape index (κ1) is 10.3. The minimum atomic E-state index is -0.825. The lowest BCUT2D eigenvalue weighted by Gasteiger charge is -2.15. The third kappa shape index (κ3) is 8.27. The summed E-state index contributed by atoms with van der Waals surface area (Å²) in [5.41, 5.74) is 5.52. The number of hydrogen-bond donors (Lipinski definition) is 3. The SMILES string of the molecule is CC(N)CCCC(C)(O)S. The van der Waals surface area contributed by atoms with E-state index in [1.54, 1.807) is 6.92 Å². The van der Waals surface area contributed by atoms with Gasteiger partial charge in [0, 0.05) is 6.04 Å². The first-order valence-electron chi connectivity index (χ1n) is 3.62. The Hall–Kier alpha value is 0.270. The third-order valence-corrected chi connectivity index (χ3v) is 1.53. The molecular weight excluding hydrogens is 146 g/mol. The summed E-state index contributed by atoms with van der Waals surface area (Å²) in [6, 6.07) is 0.232. The van der Waals surface area contributed by atoms with Crippen LogP contribution in [0.25, 0.3) is 0 Å². The highest BCUT2D eigenvalue weighted by atomic mass is 32.1. The lowest BCUT2D eigenvalue weighted by molar-refractivity contribution is 0.146. The molecule has 2 nitrogen and oxygen atoms in total. The van der Waals surface area contributed by atoms with E-state index >= 15 is 0 Å². The van der Waals surface area contributed by atoms with Crippen LogP contribution >= 0.6 is 12.6 Å². The fourth-order valence-corrected chi connectivity index (χ4v) is 0.917. The molecule has 0 fully saturated rings. The van der Waals surface area contributed by atoms with E-state index in [1.807, 2.05) is 6.92 Å². The monoisotopic (exact) mass is 163 g/mol. The van der Waals surface area contributed by atoms with Crippen LogP contribution in [-0.4, -0.2) is 16.1 Å². The topological polar surface area (TPSA) is 46.2 Å². The van der Waals surface area contributed by atoms with Gasteiger partial charge in [-0.2, -0.15) is 0 Å². The molecule has 0 aromatic rings. The van der Waals surface area contributed by atoms with E-state index in [9.17, 15) is 0 Å². The van der Waals surface area contributed by atoms with Crippen LogP contribution in [0.4, 0.5) is 0 Å². The smallest absolute Gasteiger partial charge is 0.104 e. The summed E-state index contributed by atoms with van der Waals surface area (Å²) in [6.07, 6.45) is 2.60. The van der Waals surface area contributed by atoms with Gasteiger partial charge >= 0.3 is 0 Å². The number of thiol groups is 1. The van der Waals surface area contributed by atoms with Crippen molar-refractivity contribution in [2.75, 3.05) is 0 Å². The van der Waals surface area contributed by atoms with Gasteiger partial charge in [0.2, 0.25) is 0 Å². The molecule has 0 spiro atoms. The molecule has 0 rings (SSSR count). The highest BCUT2D eigenvalue weighted by Crippen LogP contribution is 2.17. The molecule has 0 aromatic carbocycles. The predicted octanol–water partition coefficient (Wildman–Crippen LogP) is 1.14. The first-order valence-corrected chi connectivity index (χ1v) is 4.07. The first-order chi connectivity index (χ1) is 4.42. The summed E-state index contributed by atoms with van der Waals surface area (Å²) >= 11 is 3.97. The summed E-state index contributed by atoms with van der Waals surface area (Å²) in [7, 11) is 0. The number of aliphatic hydroxyl groups is 1. The Morgan fingerprint density at radius 3 is 2.50 bits per heavy atom. The zero-order chi connectivity index (χ0) is 8.20. The largest absolute Gasteiger partial charge is 0.380 e. The molecule has 0 aliphatic heterocycles. The molecule has 10 heavy (non-hydrogen) atoms. The van der Waals surface area contributed by atoms with E-state index in [0.29, 0.717) is 6.42 Å². The lowest BCUT2D eigenvalue weighted by Crippen LogP contribution is -2.18. The van der Waals surface area contributed by atoms with Gasteiger partial charge in [0.25, 0.3) is 0 Å². The fourth-order valence-electron chi connectivity index (χ4n) is 0.759. The molecule has 0 amide bonds. The van der Waals surface area contributed by atoms with Crippen LogP contribution in [0.2, 0.25) is 0 Å². The van der Waals surface area contributed by atoms with Crippen molar-refractivity contribution in [1.82, 2.24) is 0 Å². The number of hydrogen-bond acceptors (Lipinski definition) is 3. The van der Waals surface area contributed by atoms with E-state index < -0.39 is 4.93 Å². The van der Waals surface area contributed by atoms with Crippen molar-refractivity contribution in [1.29, 1.82) is 0 Å². The van der Waals surface area contributed by atoms with Gasteiger partial charge in [-0.05, 0) is 33.1 Å². The second kappa shape index (κ2) is 4.21. The molecule has 2 atom stereocenters. The highest BCUT2D eigenvalue weighted by molar-refractivity contribution is 7.81. The molecule has 2 unspecified atom stereocenters. The minimum absolute atomic E-state index is 0.232. The molecule has 3 N–H and O–H groups in total. The second-order valence-electron chi connectivity index (χ2n) is 3.09. The van der Waals surface area contributed by atoms with Crippen LogP contribution in [0, 0.1) is 0 Å². The van der Waals surface area contributed by atoms with E-state index in [0.717, 1.165) is 12.8 Å². The van der Waals surface area contributed by atoms with Gasteiger partial charge in [-0.1, -0.05) is 0 Å². The van der Waals surface area contributed by atoms with Crippen LogP contribution < -0.4 is 5.73 Å². The van der Waals surface area contributed by atoms with Crippen molar-refractivity contribution in [3.8, 4) is 0 Å². The molecule has 0 radical (unpaired) electrons. The van der Waals surface area contributed by atoms with Crippen molar-refractivity contribution in [3.63, 3.8) is 0 Å². The maximum atomic E-state index is 9.15. The van der Waals surface area contributed by atoms with Gasteiger partial charge in [0.15, 0.2) is 0 Å². The normalized spacial score (nSPS) is 20.1. The van der Waals surface area contributed by atoms with Crippen molar-refractivity contribution in [3.05, 3.63) is 0 Å². The fraction of sp³-hybridized carbons (Fsp3) is 1.00. The number of rotatable bonds is 4. The van der Waals surface area contributed by atoms with Crippen molar-refractivity contribution >= 4 is 12.6 Å². The van der Waals surface area contributed by atoms with Crippen LogP contribution in [0.1, 0.15) is 33.1 Å². The molecule has 3 heteroatoms. The van der Waals surface area contributed by atoms with E-state index in [-0.39, 0.29) is 6.04 Å². The average molecular weight is 163 g/mol. The highest BCUT2D eigenvalue weighted by Gasteiger charge is 2.12. The predicted molar refractivity (Wildman–Crippen MR) is 47.1 cm³/mol. The Bertz CT molecular complexity index is 88.1. The van der Waals surface area contributed by atoms with Gasteiger partial charge in [0.1, 0.15) is 4.93 Å². The van der Waals surface area contributed by atoms with Gasteiger partial charge in [-0.3, -0.25) is 0 Å².